The summed E-state index contributed by atoms with van der Waals surface area (Å²) in [5.74, 6) is -0.940. The number of carbonyl (C=O) groups excluding carboxylic acids is 1. The molecule has 1 atom stereocenters. The number of hydrogen-bond acceptors (Lipinski definition) is 2. The van der Waals surface area contributed by atoms with Crippen molar-refractivity contribution in [3.05, 3.63) is 35.4 Å². The van der Waals surface area contributed by atoms with Crippen LogP contribution in [0.5, 0.6) is 0 Å². The number of carbonyl (C=O) groups is 1. The van der Waals surface area contributed by atoms with E-state index in [0.29, 0.717) is 6.04 Å². The van der Waals surface area contributed by atoms with E-state index in [9.17, 15) is 9.90 Å². The van der Waals surface area contributed by atoms with Gasteiger partial charge in [-0.2, -0.15) is 0 Å². The Labute approximate surface area is 108 Å². The molecule has 0 bridgehead atoms. The average Bonchev–Trinajstić information content (AvgIpc) is 2.80. The quantitative estimate of drug-likeness (QED) is 0.800. The maximum absolute atomic E-state index is 10.9. The molecule has 1 aromatic carbocycles. The number of carboxylic acids is 1. The molecule has 1 aliphatic rings. The first-order chi connectivity index (χ1) is 8.65. The first-order valence-corrected chi connectivity index (χ1v) is 6.75. The molecule has 1 aliphatic carbocycles. The number of nitrogens with one attached hydrogen (secondary N) is 1. The Kier molecular flexibility index (Phi) is 4.37. The summed E-state index contributed by atoms with van der Waals surface area (Å²) in [6.45, 7) is 2.98. The minimum Gasteiger partial charge on any atom is -0.544 e. The van der Waals surface area contributed by atoms with Crippen molar-refractivity contribution >= 4 is 5.97 Å². The summed E-state index contributed by atoms with van der Waals surface area (Å²) in [7, 11) is 0. The molecule has 3 nitrogen and oxygen atoms in total. The zero-order chi connectivity index (χ0) is 13.0. The third-order valence-electron chi connectivity index (χ3n) is 3.82. The standard InChI is InChI=1S/C15H21NO2/c1-12-5-4-6-13(9-12)10-16(11-15(17)18)14-7-2-3-8-14/h4-6,9,14H,2-3,7-8,10-11H2,1H3,(H,17,18). The molecule has 0 heterocycles. The normalized spacial score (nSPS) is 17.8. The van der Waals surface area contributed by atoms with Crippen LogP contribution in [-0.4, -0.2) is 18.6 Å². The molecule has 3 heteroatoms. The molecular formula is C15H21NO2. The van der Waals surface area contributed by atoms with Gasteiger partial charge >= 0.3 is 0 Å². The number of benzene rings is 1. The van der Waals surface area contributed by atoms with Crippen molar-refractivity contribution in [1.82, 2.24) is 0 Å². The van der Waals surface area contributed by atoms with Crippen LogP contribution in [0.3, 0.4) is 0 Å². The number of rotatable bonds is 5. The minimum absolute atomic E-state index is 0.124. The van der Waals surface area contributed by atoms with E-state index in [1.807, 2.05) is 6.07 Å². The summed E-state index contributed by atoms with van der Waals surface area (Å²) in [6.07, 6.45) is 4.76. The molecule has 1 aromatic rings. The first-order valence-electron chi connectivity index (χ1n) is 6.75. The van der Waals surface area contributed by atoms with Gasteiger partial charge in [-0.25, -0.2) is 0 Å². The second-order valence-corrected chi connectivity index (χ2v) is 5.35. The second kappa shape index (κ2) is 6.01. The lowest BCUT2D eigenvalue weighted by atomic mass is 10.1. The van der Waals surface area contributed by atoms with E-state index < -0.39 is 5.97 Å². The molecular weight excluding hydrogens is 226 g/mol. The van der Waals surface area contributed by atoms with E-state index in [-0.39, 0.29) is 6.54 Å². The van der Waals surface area contributed by atoms with Gasteiger partial charge in [0.25, 0.3) is 0 Å². The summed E-state index contributed by atoms with van der Waals surface area (Å²) in [4.78, 5) is 12.0. The first kappa shape index (κ1) is 13.1. The van der Waals surface area contributed by atoms with Gasteiger partial charge in [0.2, 0.25) is 0 Å². The van der Waals surface area contributed by atoms with Crippen molar-refractivity contribution < 1.29 is 14.8 Å². The summed E-state index contributed by atoms with van der Waals surface area (Å²) in [5, 5.41) is 10.9. The zero-order valence-corrected chi connectivity index (χ0v) is 10.9. The Morgan fingerprint density at radius 2 is 2.11 bits per heavy atom. The highest BCUT2D eigenvalue weighted by molar-refractivity contribution is 5.65. The van der Waals surface area contributed by atoms with Crippen molar-refractivity contribution in [2.24, 2.45) is 0 Å². The Balaban J connectivity index is 2.06. The van der Waals surface area contributed by atoms with Crippen LogP contribution >= 0.6 is 0 Å². The molecule has 2 rings (SSSR count). The van der Waals surface area contributed by atoms with Crippen LogP contribution in [0.25, 0.3) is 0 Å². The molecule has 18 heavy (non-hydrogen) atoms. The van der Waals surface area contributed by atoms with Gasteiger partial charge in [0.1, 0.15) is 13.1 Å². The maximum Gasteiger partial charge on any atom is 0.118 e. The fraction of sp³-hybridized carbons (Fsp3) is 0.533. The van der Waals surface area contributed by atoms with Crippen LogP contribution in [0.15, 0.2) is 24.3 Å². The average molecular weight is 247 g/mol. The zero-order valence-electron chi connectivity index (χ0n) is 10.9. The van der Waals surface area contributed by atoms with Crippen molar-refractivity contribution in [1.29, 1.82) is 0 Å². The Morgan fingerprint density at radius 3 is 2.72 bits per heavy atom. The van der Waals surface area contributed by atoms with Crippen LogP contribution in [0, 0.1) is 6.92 Å². The summed E-state index contributed by atoms with van der Waals surface area (Å²) in [6, 6.07) is 8.82. The van der Waals surface area contributed by atoms with Crippen molar-refractivity contribution in [2.45, 2.75) is 45.2 Å². The van der Waals surface area contributed by atoms with Gasteiger partial charge in [-0.3, -0.25) is 0 Å². The molecule has 0 spiro atoms. The predicted octanol–water partition coefficient (Wildman–Crippen LogP) is 0.0724. The maximum atomic E-state index is 10.9. The SMILES string of the molecule is Cc1cccc(C[NH+](CC(=O)[O-])C2CCCC2)c1. The van der Waals surface area contributed by atoms with E-state index in [0.717, 1.165) is 24.3 Å². The summed E-state index contributed by atoms with van der Waals surface area (Å²) in [5.41, 5.74) is 2.45. The molecule has 0 saturated heterocycles. The van der Waals surface area contributed by atoms with Gasteiger partial charge < -0.3 is 14.8 Å². The molecule has 1 saturated carbocycles. The van der Waals surface area contributed by atoms with Crippen LogP contribution < -0.4 is 10.0 Å². The molecule has 1 N–H and O–H groups in total. The Hall–Kier alpha value is -1.35. The van der Waals surface area contributed by atoms with Crippen LogP contribution in [0.1, 0.15) is 36.8 Å². The lowest BCUT2D eigenvalue weighted by molar-refractivity contribution is -0.932. The molecule has 98 valence electrons. The molecule has 0 radical (unpaired) electrons. The Morgan fingerprint density at radius 1 is 1.39 bits per heavy atom. The highest BCUT2D eigenvalue weighted by atomic mass is 16.4. The fourth-order valence-electron chi connectivity index (χ4n) is 2.95. The van der Waals surface area contributed by atoms with Gasteiger partial charge in [-0.15, -0.1) is 0 Å². The minimum atomic E-state index is -0.940. The predicted molar refractivity (Wildman–Crippen MR) is 68.0 cm³/mol. The van der Waals surface area contributed by atoms with Gasteiger partial charge in [-0.1, -0.05) is 29.8 Å². The highest BCUT2D eigenvalue weighted by Gasteiger charge is 2.26. The fourth-order valence-corrected chi connectivity index (χ4v) is 2.95. The van der Waals surface area contributed by atoms with E-state index in [1.165, 1.54) is 24.0 Å². The van der Waals surface area contributed by atoms with E-state index in [1.54, 1.807) is 0 Å². The number of quaternary nitrogens is 1. The molecule has 0 aliphatic heterocycles. The third kappa shape index (κ3) is 3.57. The summed E-state index contributed by atoms with van der Waals surface area (Å²) < 4.78 is 0. The molecule has 1 unspecified atom stereocenters. The Bertz CT molecular complexity index is 411. The van der Waals surface area contributed by atoms with Crippen LogP contribution in [0.4, 0.5) is 0 Å². The largest absolute Gasteiger partial charge is 0.544 e. The van der Waals surface area contributed by atoms with Crippen molar-refractivity contribution in [3.8, 4) is 0 Å². The van der Waals surface area contributed by atoms with Gasteiger partial charge in [-0.05, 0) is 32.6 Å². The van der Waals surface area contributed by atoms with Gasteiger partial charge in [0.15, 0.2) is 0 Å². The smallest absolute Gasteiger partial charge is 0.118 e. The van der Waals surface area contributed by atoms with Gasteiger partial charge in [0, 0.05) is 5.56 Å². The number of aryl methyl sites for hydroxylation is 1. The van der Waals surface area contributed by atoms with Crippen LogP contribution in [-0.2, 0) is 11.3 Å². The number of aliphatic carboxylic acids is 1. The van der Waals surface area contributed by atoms with E-state index in [2.05, 4.69) is 25.1 Å². The summed E-state index contributed by atoms with van der Waals surface area (Å²) >= 11 is 0. The number of hydrogen-bond donors (Lipinski definition) is 1. The molecule has 1 fully saturated rings. The second-order valence-electron chi connectivity index (χ2n) is 5.35. The lowest BCUT2D eigenvalue weighted by Gasteiger charge is -2.26. The van der Waals surface area contributed by atoms with Crippen molar-refractivity contribution in [2.75, 3.05) is 6.54 Å². The topological polar surface area (TPSA) is 44.6 Å². The number of carboxylic acid groups (broad SMARTS) is 1. The lowest BCUT2D eigenvalue weighted by Crippen LogP contribution is -3.15. The van der Waals surface area contributed by atoms with Crippen LogP contribution in [0.2, 0.25) is 0 Å². The van der Waals surface area contributed by atoms with E-state index >= 15 is 0 Å². The monoisotopic (exact) mass is 247 g/mol. The highest BCUT2D eigenvalue weighted by Crippen LogP contribution is 2.15. The molecule has 0 amide bonds. The van der Waals surface area contributed by atoms with E-state index in [4.69, 9.17) is 0 Å². The van der Waals surface area contributed by atoms with Crippen molar-refractivity contribution in [3.63, 3.8) is 0 Å². The third-order valence-corrected chi connectivity index (χ3v) is 3.82. The van der Waals surface area contributed by atoms with Gasteiger partial charge in [0.05, 0.1) is 12.0 Å². The molecule has 0 aromatic heterocycles.